The number of anilines is 2. The van der Waals surface area contributed by atoms with Crippen LogP contribution in [0.25, 0.3) is 0 Å². The zero-order valence-corrected chi connectivity index (χ0v) is 21.8. The van der Waals surface area contributed by atoms with E-state index in [0.29, 0.717) is 11.4 Å². The molecular formula is C22H18N6O4S4. The van der Waals surface area contributed by atoms with E-state index in [1.807, 2.05) is 0 Å². The highest BCUT2D eigenvalue weighted by Crippen LogP contribution is 2.42. The molecule has 0 bridgehead atoms. The van der Waals surface area contributed by atoms with Crippen LogP contribution in [0.3, 0.4) is 0 Å². The molecule has 0 aliphatic carbocycles. The minimum atomic E-state index is -0.450. The van der Waals surface area contributed by atoms with E-state index < -0.39 is 11.8 Å². The highest BCUT2D eigenvalue weighted by molar-refractivity contribution is 8.29. The Bertz CT molecular complexity index is 1170. The fourth-order valence-corrected chi connectivity index (χ4v) is 5.97. The third-order valence-corrected chi connectivity index (χ3v) is 7.95. The Morgan fingerprint density at radius 3 is 1.56 bits per heavy atom. The van der Waals surface area contributed by atoms with E-state index in [1.165, 1.54) is 22.2 Å². The molecule has 2 aliphatic rings. The molecule has 2 aromatic rings. The Labute approximate surface area is 225 Å². The number of carbonyl (C=O) groups is 4. The van der Waals surface area contributed by atoms with Crippen LogP contribution in [0.5, 0.6) is 0 Å². The lowest BCUT2D eigenvalue weighted by molar-refractivity contribution is -0.125. The molecule has 2 aromatic heterocycles. The average Bonchev–Trinajstić information content (AvgIpc) is 3.31. The number of thioether (sulfide) groups is 2. The Morgan fingerprint density at radius 2 is 1.19 bits per heavy atom. The second-order valence-corrected chi connectivity index (χ2v) is 10.7. The number of hydrogen-bond acceptors (Lipinski definition) is 10. The lowest BCUT2D eigenvalue weighted by Gasteiger charge is -2.14. The maximum atomic E-state index is 13.0. The van der Waals surface area contributed by atoms with Crippen molar-refractivity contribution in [3.8, 4) is 0 Å². The molecule has 10 nitrogen and oxygen atoms in total. The van der Waals surface area contributed by atoms with Crippen LogP contribution in [0.15, 0.2) is 58.9 Å². The number of thiocarbonyl (C=S) groups is 2. The maximum absolute atomic E-state index is 13.0. The van der Waals surface area contributed by atoms with Crippen LogP contribution in [0.4, 0.5) is 11.4 Å². The van der Waals surface area contributed by atoms with Gasteiger partial charge in [-0.15, -0.1) is 0 Å². The molecule has 14 heteroatoms. The molecular weight excluding hydrogens is 541 g/mol. The standard InChI is InChI=1S/C22H18N6O4S4/c29-15(25-13-3-1-7-23-11-13)5-9-27-19(31)17(35-21(27)33)18-20(32)28(22(34)36-18)10-6-16(30)26-14-4-2-8-24-12-14/h1-4,7-8,11-12H,5-6,9-10H2,(H,25,29)(H,26,30)/b18-17+. The number of rotatable bonds is 8. The minimum Gasteiger partial charge on any atom is -0.325 e. The lowest BCUT2D eigenvalue weighted by Crippen LogP contribution is -2.33. The van der Waals surface area contributed by atoms with Gasteiger partial charge in [-0.05, 0) is 24.3 Å². The van der Waals surface area contributed by atoms with E-state index in [4.69, 9.17) is 24.4 Å². The SMILES string of the molecule is O=C(CCN1C(=O)/C(=C2\SC(=S)N(CCC(=O)Nc3cccnc3)C2=O)SC1=S)Nc1cccnc1. The van der Waals surface area contributed by atoms with Gasteiger partial charge in [0, 0.05) is 38.3 Å². The summed E-state index contributed by atoms with van der Waals surface area (Å²) in [6.07, 6.45) is 6.25. The first kappa shape index (κ1) is 25.9. The predicted octanol–water partition coefficient (Wildman–Crippen LogP) is 2.77. The fourth-order valence-electron chi connectivity index (χ4n) is 3.20. The van der Waals surface area contributed by atoms with Crippen LogP contribution in [-0.4, -0.2) is 65.1 Å². The van der Waals surface area contributed by atoms with Gasteiger partial charge in [-0.2, -0.15) is 0 Å². The van der Waals surface area contributed by atoms with E-state index in [1.54, 1.807) is 36.7 Å². The zero-order valence-electron chi connectivity index (χ0n) is 18.5. The number of nitrogens with one attached hydrogen (secondary N) is 2. The molecule has 2 fully saturated rings. The number of nitrogens with zero attached hydrogens (tertiary/aromatic N) is 4. The predicted molar refractivity (Wildman–Crippen MR) is 146 cm³/mol. The van der Waals surface area contributed by atoms with Gasteiger partial charge in [0.25, 0.3) is 11.8 Å². The molecule has 184 valence electrons. The van der Waals surface area contributed by atoms with Crippen molar-refractivity contribution >= 4 is 91.6 Å². The summed E-state index contributed by atoms with van der Waals surface area (Å²) in [6, 6.07) is 6.80. The average molecular weight is 559 g/mol. The van der Waals surface area contributed by atoms with Crippen molar-refractivity contribution in [3.05, 3.63) is 58.9 Å². The highest BCUT2D eigenvalue weighted by atomic mass is 32.2. The van der Waals surface area contributed by atoms with Gasteiger partial charge in [-0.1, -0.05) is 48.0 Å². The quantitative estimate of drug-likeness (QED) is 0.369. The molecule has 0 atom stereocenters. The minimum absolute atomic E-state index is 0.0155. The largest absolute Gasteiger partial charge is 0.325 e. The van der Waals surface area contributed by atoms with Crippen LogP contribution in [-0.2, 0) is 19.2 Å². The van der Waals surface area contributed by atoms with Gasteiger partial charge in [-0.25, -0.2) is 0 Å². The van der Waals surface area contributed by atoms with Crippen LogP contribution in [0.1, 0.15) is 12.8 Å². The van der Waals surface area contributed by atoms with Gasteiger partial charge in [0.2, 0.25) is 11.8 Å². The van der Waals surface area contributed by atoms with Crippen molar-refractivity contribution in [2.45, 2.75) is 12.8 Å². The molecule has 2 N–H and O–H groups in total. The summed E-state index contributed by atoms with van der Waals surface area (Å²) in [7, 11) is 0. The normalized spacial score (nSPS) is 17.7. The number of carbonyl (C=O) groups excluding carboxylic acids is 4. The fraction of sp³-hybridized carbons (Fsp3) is 0.182. The van der Waals surface area contributed by atoms with Crippen molar-refractivity contribution in [2.24, 2.45) is 0 Å². The summed E-state index contributed by atoms with van der Waals surface area (Å²) in [4.78, 5) is 61.3. The molecule has 0 spiro atoms. The maximum Gasteiger partial charge on any atom is 0.267 e. The summed E-state index contributed by atoms with van der Waals surface area (Å²) in [5.74, 6) is -1.50. The monoisotopic (exact) mass is 558 g/mol. The molecule has 0 saturated carbocycles. The molecule has 0 unspecified atom stereocenters. The van der Waals surface area contributed by atoms with Gasteiger partial charge in [0.05, 0.1) is 33.6 Å². The first-order valence-electron chi connectivity index (χ1n) is 10.5. The summed E-state index contributed by atoms with van der Waals surface area (Å²) in [6.45, 7) is 0.129. The van der Waals surface area contributed by atoms with Gasteiger partial charge in [0.15, 0.2) is 0 Å². The van der Waals surface area contributed by atoms with E-state index in [0.717, 1.165) is 23.5 Å². The molecule has 0 radical (unpaired) electrons. The number of amides is 4. The molecule has 36 heavy (non-hydrogen) atoms. The second-order valence-electron chi connectivity index (χ2n) is 7.39. The van der Waals surface area contributed by atoms with E-state index in [9.17, 15) is 19.2 Å². The van der Waals surface area contributed by atoms with Gasteiger partial charge in [0.1, 0.15) is 8.64 Å². The Balaban J connectivity index is 1.35. The van der Waals surface area contributed by atoms with Crippen LogP contribution >= 0.6 is 48.0 Å². The first-order chi connectivity index (χ1) is 17.3. The Kier molecular flexibility index (Phi) is 8.40. The summed E-state index contributed by atoms with van der Waals surface area (Å²) in [5, 5.41) is 5.40. The van der Waals surface area contributed by atoms with E-state index in [2.05, 4.69) is 20.6 Å². The first-order valence-corrected chi connectivity index (χ1v) is 13.0. The third kappa shape index (κ3) is 6.13. The van der Waals surface area contributed by atoms with Crippen molar-refractivity contribution < 1.29 is 19.2 Å². The molecule has 4 heterocycles. The zero-order chi connectivity index (χ0) is 25.7. The van der Waals surface area contributed by atoms with Crippen LogP contribution in [0, 0.1) is 0 Å². The van der Waals surface area contributed by atoms with Crippen molar-refractivity contribution in [1.82, 2.24) is 19.8 Å². The summed E-state index contributed by atoms with van der Waals surface area (Å²) >= 11 is 12.6. The smallest absolute Gasteiger partial charge is 0.267 e. The van der Waals surface area contributed by atoms with Gasteiger partial charge in [-0.3, -0.25) is 38.9 Å². The second kappa shape index (κ2) is 11.7. The number of hydrogen-bond donors (Lipinski definition) is 2. The number of aromatic nitrogens is 2. The highest BCUT2D eigenvalue weighted by Gasteiger charge is 2.42. The molecule has 2 saturated heterocycles. The third-order valence-electron chi connectivity index (χ3n) is 4.92. The molecule has 4 rings (SSSR count). The molecule has 4 amide bonds. The van der Waals surface area contributed by atoms with Crippen LogP contribution in [0.2, 0.25) is 0 Å². The number of pyridine rings is 2. The molecule has 0 aromatic carbocycles. The van der Waals surface area contributed by atoms with E-state index in [-0.39, 0.29) is 56.2 Å². The Hall–Kier alpha value is -3.20. The lowest BCUT2D eigenvalue weighted by atomic mass is 10.3. The van der Waals surface area contributed by atoms with Gasteiger partial charge >= 0.3 is 0 Å². The van der Waals surface area contributed by atoms with Crippen molar-refractivity contribution in [2.75, 3.05) is 23.7 Å². The van der Waals surface area contributed by atoms with Gasteiger partial charge < -0.3 is 10.6 Å². The summed E-state index contributed by atoms with van der Waals surface area (Å²) < 4.78 is 0.510. The van der Waals surface area contributed by atoms with E-state index >= 15 is 0 Å². The van der Waals surface area contributed by atoms with Crippen molar-refractivity contribution in [1.29, 1.82) is 0 Å². The Morgan fingerprint density at radius 1 is 0.778 bits per heavy atom. The van der Waals surface area contributed by atoms with Crippen LogP contribution < -0.4 is 10.6 Å². The summed E-state index contributed by atoms with van der Waals surface area (Å²) in [5.41, 5.74) is 1.09. The molecule has 2 aliphatic heterocycles. The van der Waals surface area contributed by atoms with Crippen molar-refractivity contribution in [3.63, 3.8) is 0 Å². The topological polar surface area (TPSA) is 125 Å².